The van der Waals surface area contributed by atoms with Crippen molar-refractivity contribution < 1.29 is 4.79 Å². The molecular weight excluding hydrogens is 264 g/mol. The zero-order valence-corrected chi connectivity index (χ0v) is 11.6. The summed E-state index contributed by atoms with van der Waals surface area (Å²) in [6.45, 7) is 0.526. The minimum Gasteiger partial charge on any atom is -0.398 e. The molecule has 104 valence electrons. The fraction of sp³-hybridized carbons (Fsp3) is 0.125. The normalized spacial score (nSPS) is 13.5. The average molecular weight is 278 g/mol. The van der Waals surface area contributed by atoms with Gasteiger partial charge in [0.05, 0.1) is 17.3 Å². The summed E-state index contributed by atoms with van der Waals surface area (Å²) < 4.78 is 1.85. The minimum atomic E-state index is -0.0917. The molecule has 1 aliphatic heterocycles. The van der Waals surface area contributed by atoms with Crippen LogP contribution in [0.5, 0.6) is 0 Å². The second-order valence-corrected chi connectivity index (χ2v) is 5.28. The number of nitrogens with zero attached hydrogens (tertiary/aromatic N) is 2. The highest BCUT2D eigenvalue weighted by Gasteiger charge is 2.24. The number of carbonyl (C=O) groups is 1. The molecule has 2 aromatic carbocycles. The third-order valence-electron chi connectivity index (χ3n) is 4.06. The van der Waals surface area contributed by atoms with Crippen molar-refractivity contribution in [3.05, 3.63) is 47.7 Å². The van der Waals surface area contributed by atoms with E-state index in [0.29, 0.717) is 17.8 Å². The second kappa shape index (κ2) is 4.09. The number of carbonyl (C=O) groups excluding carboxylic acids is 1. The minimum absolute atomic E-state index is 0.0917. The zero-order chi connectivity index (χ0) is 14.6. The molecule has 1 aromatic heterocycles. The summed E-state index contributed by atoms with van der Waals surface area (Å²) in [5.41, 5.74) is 11.2. The third-order valence-corrected chi connectivity index (χ3v) is 4.06. The summed E-state index contributed by atoms with van der Waals surface area (Å²) in [5, 5.41) is 8.20. The van der Waals surface area contributed by atoms with Crippen molar-refractivity contribution in [2.45, 2.75) is 6.54 Å². The van der Waals surface area contributed by atoms with Crippen LogP contribution in [-0.4, -0.2) is 15.7 Å². The van der Waals surface area contributed by atoms with Crippen LogP contribution in [0.1, 0.15) is 15.9 Å². The summed E-state index contributed by atoms with van der Waals surface area (Å²) in [4.78, 5) is 11.9. The highest BCUT2D eigenvalue weighted by atomic mass is 16.1. The summed E-state index contributed by atoms with van der Waals surface area (Å²) in [6, 6.07) is 9.97. The van der Waals surface area contributed by atoms with Gasteiger partial charge in [-0.3, -0.25) is 9.48 Å². The van der Waals surface area contributed by atoms with Crippen LogP contribution >= 0.6 is 0 Å². The first-order valence-corrected chi connectivity index (χ1v) is 6.77. The van der Waals surface area contributed by atoms with E-state index in [4.69, 9.17) is 5.73 Å². The van der Waals surface area contributed by atoms with E-state index in [1.807, 2.05) is 30.1 Å². The van der Waals surface area contributed by atoms with E-state index in [9.17, 15) is 4.79 Å². The van der Waals surface area contributed by atoms with Gasteiger partial charge >= 0.3 is 0 Å². The number of aryl methyl sites for hydroxylation is 1. The Morgan fingerprint density at radius 3 is 3.00 bits per heavy atom. The quantitative estimate of drug-likeness (QED) is 0.669. The maximum Gasteiger partial charge on any atom is 0.254 e. The Bertz CT molecular complexity index is 895. The monoisotopic (exact) mass is 278 g/mol. The molecule has 5 heteroatoms. The number of hydrogen-bond donors (Lipinski definition) is 2. The van der Waals surface area contributed by atoms with E-state index in [1.54, 1.807) is 6.07 Å². The van der Waals surface area contributed by atoms with E-state index in [2.05, 4.69) is 22.5 Å². The van der Waals surface area contributed by atoms with Gasteiger partial charge in [0.1, 0.15) is 0 Å². The number of amides is 1. The van der Waals surface area contributed by atoms with Gasteiger partial charge in [-0.05, 0) is 28.8 Å². The molecule has 0 radical (unpaired) electrons. The van der Waals surface area contributed by atoms with Crippen LogP contribution in [-0.2, 0) is 13.6 Å². The Morgan fingerprint density at radius 2 is 2.14 bits per heavy atom. The Balaban J connectivity index is 1.97. The van der Waals surface area contributed by atoms with Crippen LogP contribution < -0.4 is 11.1 Å². The summed E-state index contributed by atoms with van der Waals surface area (Å²) >= 11 is 0. The molecule has 4 rings (SSSR count). The number of nitrogens with two attached hydrogens (primary N) is 1. The first-order valence-electron chi connectivity index (χ1n) is 6.77. The molecule has 21 heavy (non-hydrogen) atoms. The fourth-order valence-corrected chi connectivity index (χ4v) is 2.96. The molecule has 2 heterocycles. The molecule has 0 atom stereocenters. The molecular formula is C16H14N4O. The molecule has 1 aliphatic rings. The van der Waals surface area contributed by atoms with Gasteiger partial charge in [-0.2, -0.15) is 5.10 Å². The van der Waals surface area contributed by atoms with E-state index < -0.39 is 0 Å². The lowest BCUT2D eigenvalue weighted by atomic mass is 9.95. The summed E-state index contributed by atoms with van der Waals surface area (Å²) in [5.74, 6) is -0.0917. The number of anilines is 1. The maximum atomic E-state index is 11.9. The molecule has 3 aromatic rings. The van der Waals surface area contributed by atoms with Crippen molar-refractivity contribution in [1.29, 1.82) is 0 Å². The van der Waals surface area contributed by atoms with Gasteiger partial charge in [-0.25, -0.2) is 0 Å². The molecule has 0 saturated heterocycles. The number of nitrogens with one attached hydrogen (secondary N) is 1. The number of hydrogen-bond acceptors (Lipinski definition) is 3. The predicted molar refractivity (Wildman–Crippen MR) is 81.7 cm³/mol. The van der Waals surface area contributed by atoms with Gasteiger partial charge < -0.3 is 11.1 Å². The topological polar surface area (TPSA) is 72.9 Å². The van der Waals surface area contributed by atoms with Crippen molar-refractivity contribution in [2.75, 3.05) is 5.73 Å². The maximum absolute atomic E-state index is 11.9. The lowest BCUT2D eigenvalue weighted by molar-refractivity contribution is 0.0966. The zero-order valence-electron chi connectivity index (χ0n) is 11.6. The number of rotatable bonds is 1. The molecule has 0 fully saturated rings. The smallest absolute Gasteiger partial charge is 0.254 e. The Morgan fingerprint density at radius 1 is 1.29 bits per heavy atom. The van der Waals surface area contributed by atoms with Gasteiger partial charge in [-0.1, -0.05) is 18.2 Å². The SMILES string of the molecule is Cn1ncc2ccc(-c3ccc(N)c4c3CNC4=O)cc21. The Kier molecular flexibility index (Phi) is 2.33. The lowest BCUT2D eigenvalue weighted by Crippen LogP contribution is -2.13. The van der Waals surface area contributed by atoms with Gasteiger partial charge in [0, 0.05) is 24.7 Å². The molecule has 0 bridgehead atoms. The first kappa shape index (κ1) is 12.0. The lowest BCUT2D eigenvalue weighted by Gasteiger charge is -2.09. The fourth-order valence-electron chi connectivity index (χ4n) is 2.96. The molecule has 0 aliphatic carbocycles. The molecule has 3 N–H and O–H groups in total. The highest BCUT2D eigenvalue weighted by Crippen LogP contribution is 2.33. The van der Waals surface area contributed by atoms with E-state index in [-0.39, 0.29) is 5.91 Å². The largest absolute Gasteiger partial charge is 0.398 e. The van der Waals surface area contributed by atoms with Crippen molar-refractivity contribution in [3.63, 3.8) is 0 Å². The van der Waals surface area contributed by atoms with Crippen LogP contribution in [0.15, 0.2) is 36.5 Å². The van der Waals surface area contributed by atoms with Crippen LogP contribution in [0.2, 0.25) is 0 Å². The van der Waals surface area contributed by atoms with Crippen LogP contribution in [0, 0.1) is 0 Å². The highest BCUT2D eigenvalue weighted by molar-refractivity contribution is 6.05. The van der Waals surface area contributed by atoms with Crippen molar-refractivity contribution in [2.24, 2.45) is 7.05 Å². The van der Waals surface area contributed by atoms with Gasteiger partial charge in [0.2, 0.25) is 0 Å². The van der Waals surface area contributed by atoms with Gasteiger partial charge in [-0.15, -0.1) is 0 Å². The van der Waals surface area contributed by atoms with Gasteiger partial charge in [0.25, 0.3) is 5.91 Å². The van der Waals surface area contributed by atoms with E-state index >= 15 is 0 Å². The number of fused-ring (bicyclic) bond motifs is 2. The summed E-state index contributed by atoms with van der Waals surface area (Å²) in [6.07, 6.45) is 1.84. The molecule has 0 saturated carbocycles. The third kappa shape index (κ3) is 1.64. The predicted octanol–water partition coefficient (Wildman–Crippen LogP) is 2.07. The molecule has 0 spiro atoms. The Hall–Kier alpha value is -2.82. The summed E-state index contributed by atoms with van der Waals surface area (Å²) in [7, 11) is 1.92. The molecule has 5 nitrogen and oxygen atoms in total. The number of nitrogen functional groups attached to an aromatic ring is 1. The average Bonchev–Trinajstić information content (AvgIpc) is 3.04. The van der Waals surface area contributed by atoms with Crippen LogP contribution in [0.25, 0.3) is 22.0 Å². The van der Waals surface area contributed by atoms with Crippen LogP contribution in [0.4, 0.5) is 5.69 Å². The first-order chi connectivity index (χ1) is 10.1. The van der Waals surface area contributed by atoms with Crippen molar-refractivity contribution in [3.8, 4) is 11.1 Å². The van der Waals surface area contributed by atoms with E-state index in [0.717, 1.165) is 27.6 Å². The van der Waals surface area contributed by atoms with Crippen molar-refractivity contribution >= 4 is 22.5 Å². The van der Waals surface area contributed by atoms with E-state index in [1.165, 1.54) is 0 Å². The second-order valence-electron chi connectivity index (χ2n) is 5.28. The number of aromatic nitrogens is 2. The standard InChI is InChI=1S/C16H14N4O/c1-20-14-6-9(2-3-10(14)7-19-20)11-4-5-13(17)15-12(11)8-18-16(15)21/h2-7H,8,17H2,1H3,(H,18,21). The number of benzene rings is 2. The van der Waals surface area contributed by atoms with Crippen molar-refractivity contribution in [1.82, 2.24) is 15.1 Å². The van der Waals surface area contributed by atoms with Gasteiger partial charge in [0.15, 0.2) is 0 Å². The van der Waals surface area contributed by atoms with Crippen LogP contribution in [0.3, 0.4) is 0 Å². The molecule has 0 unspecified atom stereocenters. The Labute approximate surface area is 121 Å². The molecule has 1 amide bonds.